The number of nitrogens with one attached hydrogen (secondary N) is 1. The van der Waals surface area contributed by atoms with Gasteiger partial charge in [-0.1, -0.05) is 12.1 Å². The molecular weight excluding hydrogens is 232 g/mol. The third-order valence-corrected chi connectivity index (χ3v) is 2.78. The first-order valence-corrected chi connectivity index (χ1v) is 5.75. The molecule has 6 nitrogen and oxygen atoms in total. The van der Waals surface area contributed by atoms with Gasteiger partial charge in [0.1, 0.15) is 6.33 Å². The molecule has 92 valence electrons. The van der Waals surface area contributed by atoms with Gasteiger partial charge in [0, 0.05) is 11.1 Å². The second-order valence-corrected chi connectivity index (χ2v) is 4.01. The molecule has 0 spiro atoms. The minimum absolute atomic E-state index is 0.117. The molecule has 0 unspecified atom stereocenters. The molecule has 1 aromatic carbocycles. The standard InChI is InChI=1S/C12H12N4O2/c17-12(16-5-2-6-18-16)10-4-1-3-9(7-10)11-13-8-14-15-11/h1,3-4,7-8H,2,5-6H2,(H,13,14,15). The lowest BCUT2D eigenvalue weighted by Gasteiger charge is -2.13. The maximum atomic E-state index is 12.1. The minimum Gasteiger partial charge on any atom is -0.271 e. The van der Waals surface area contributed by atoms with E-state index in [0.717, 1.165) is 12.0 Å². The summed E-state index contributed by atoms with van der Waals surface area (Å²) in [4.78, 5) is 21.4. The zero-order valence-electron chi connectivity index (χ0n) is 9.67. The summed E-state index contributed by atoms with van der Waals surface area (Å²) in [7, 11) is 0. The van der Waals surface area contributed by atoms with Gasteiger partial charge >= 0.3 is 0 Å². The van der Waals surface area contributed by atoms with Crippen LogP contribution in [0.5, 0.6) is 0 Å². The lowest BCUT2D eigenvalue weighted by Crippen LogP contribution is -2.26. The summed E-state index contributed by atoms with van der Waals surface area (Å²) in [5, 5.41) is 7.97. The molecule has 0 atom stereocenters. The molecule has 0 aliphatic carbocycles. The van der Waals surface area contributed by atoms with Crippen LogP contribution in [0.25, 0.3) is 11.4 Å². The van der Waals surface area contributed by atoms with Gasteiger partial charge < -0.3 is 0 Å². The van der Waals surface area contributed by atoms with Crippen molar-refractivity contribution >= 4 is 5.91 Å². The number of rotatable bonds is 2. The molecule has 2 heterocycles. The highest BCUT2D eigenvalue weighted by Crippen LogP contribution is 2.18. The van der Waals surface area contributed by atoms with Crippen molar-refractivity contribution in [2.75, 3.05) is 13.2 Å². The van der Waals surface area contributed by atoms with Gasteiger partial charge in [-0.25, -0.2) is 10.0 Å². The lowest BCUT2D eigenvalue weighted by molar-refractivity contribution is -0.0768. The third-order valence-electron chi connectivity index (χ3n) is 2.78. The summed E-state index contributed by atoms with van der Waals surface area (Å²) >= 11 is 0. The molecule has 1 N–H and O–H groups in total. The molecule has 1 saturated heterocycles. The predicted molar refractivity (Wildman–Crippen MR) is 63.4 cm³/mol. The van der Waals surface area contributed by atoms with E-state index in [0.29, 0.717) is 24.5 Å². The van der Waals surface area contributed by atoms with Crippen LogP contribution in [0, 0.1) is 0 Å². The number of hydroxylamine groups is 2. The first kappa shape index (κ1) is 10.9. The van der Waals surface area contributed by atoms with E-state index in [1.165, 1.54) is 11.4 Å². The Morgan fingerprint density at radius 3 is 3.11 bits per heavy atom. The van der Waals surface area contributed by atoms with Crippen LogP contribution in [0.3, 0.4) is 0 Å². The Bertz CT molecular complexity index is 547. The van der Waals surface area contributed by atoms with Crippen molar-refractivity contribution in [3.8, 4) is 11.4 Å². The Hall–Kier alpha value is -2.21. The van der Waals surface area contributed by atoms with E-state index >= 15 is 0 Å². The first-order valence-electron chi connectivity index (χ1n) is 5.75. The normalized spacial score (nSPS) is 15.0. The van der Waals surface area contributed by atoms with Crippen molar-refractivity contribution in [2.45, 2.75) is 6.42 Å². The average molecular weight is 244 g/mol. The maximum absolute atomic E-state index is 12.1. The molecular formula is C12H12N4O2. The molecule has 1 aliphatic rings. The molecule has 3 rings (SSSR count). The highest BCUT2D eigenvalue weighted by atomic mass is 16.7. The van der Waals surface area contributed by atoms with Crippen LogP contribution < -0.4 is 0 Å². The van der Waals surface area contributed by atoms with Crippen LogP contribution in [0.1, 0.15) is 16.8 Å². The highest BCUT2D eigenvalue weighted by Gasteiger charge is 2.21. The van der Waals surface area contributed by atoms with Gasteiger partial charge in [-0.05, 0) is 18.6 Å². The van der Waals surface area contributed by atoms with Crippen molar-refractivity contribution in [2.24, 2.45) is 0 Å². The number of carbonyl (C=O) groups excluding carboxylic acids is 1. The minimum atomic E-state index is -0.117. The van der Waals surface area contributed by atoms with Crippen LogP contribution in [0.4, 0.5) is 0 Å². The number of aromatic nitrogens is 3. The molecule has 2 aromatic rings. The van der Waals surface area contributed by atoms with E-state index in [9.17, 15) is 4.79 Å². The van der Waals surface area contributed by atoms with Crippen LogP contribution in [-0.2, 0) is 4.84 Å². The smallest absolute Gasteiger partial charge is 0.271 e. The fraction of sp³-hybridized carbons (Fsp3) is 0.250. The number of aromatic amines is 1. The van der Waals surface area contributed by atoms with Crippen LogP contribution in [-0.4, -0.2) is 39.3 Å². The van der Waals surface area contributed by atoms with Gasteiger partial charge in [0.25, 0.3) is 5.91 Å². The number of amides is 1. The van der Waals surface area contributed by atoms with Crippen molar-refractivity contribution in [3.05, 3.63) is 36.2 Å². The van der Waals surface area contributed by atoms with E-state index in [2.05, 4.69) is 15.2 Å². The van der Waals surface area contributed by atoms with E-state index in [4.69, 9.17) is 4.84 Å². The van der Waals surface area contributed by atoms with Gasteiger partial charge in [0.15, 0.2) is 5.82 Å². The second-order valence-electron chi connectivity index (χ2n) is 4.01. The zero-order valence-corrected chi connectivity index (χ0v) is 9.67. The summed E-state index contributed by atoms with van der Waals surface area (Å²) in [6.07, 6.45) is 2.32. The third kappa shape index (κ3) is 1.98. The van der Waals surface area contributed by atoms with Crippen molar-refractivity contribution < 1.29 is 9.63 Å². The number of hydrogen-bond acceptors (Lipinski definition) is 4. The van der Waals surface area contributed by atoms with Crippen molar-refractivity contribution in [1.82, 2.24) is 20.2 Å². The van der Waals surface area contributed by atoms with Gasteiger partial charge in [0.2, 0.25) is 0 Å². The molecule has 1 amide bonds. The van der Waals surface area contributed by atoms with Crippen molar-refractivity contribution in [3.63, 3.8) is 0 Å². The van der Waals surface area contributed by atoms with Gasteiger partial charge in [-0.15, -0.1) is 0 Å². The molecule has 0 bridgehead atoms. The Labute approximate surface area is 104 Å². The summed E-state index contributed by atoms with van der Waals surface area (Å²) in [6.45, 7) is 1.25. The van der Waals surface area contributed by atoms with Gasteiger partial charge in [0.05, 0.1) is 13.2 Å². The first-order chi connectivity index (χ1) is 8.84. The number of benzene rings is 1. The second kappa shape index (κ2) is 4.58. The van der Waals surface area contributed by atoms with E-state index in [1.54, 1.807) is 12.1 Å². The average Bonchev–Trinajstić information content (AvgIpc) is 3.11. The van der Waals surface area contributed by atoms with E-state index in [1.807, 2.05) is 12.1 Å². The zero-order chi connectivity index (χ0) is 12.4. The van der Waals surface area contributed by atoms with E-state index in [-0.39, 0.29) is 5.91 Å². The Balaban J connectivity index is 1.89. The highest BCUT2D eigenvalue weighted by molar-refractivity contribution is 5.94. The predicted octanol–water partition coefficient (Wildman–Crippen LogP) is 1.25. The molecule has 1 aliphatic heterocycles. The number of nitrogens with zero attached hydrogens (tertiary/aromatic N) is 3. The fourth-order valence-corrected chi connectivity index (χ4v) is 1.90. The lowest BCUT2D eigenvalue weighted by atomic mass is 10.1. The Morgan fingerprint density at radius 1 is 1.44 bits per heavy atom. The monoisotopic (exact) mass is 244 g/mol. The molecule has 0 radical (unpaired) electrons. The number of H-pyrrole nitrogens is 1. The summed E-state index contributed by atoms with van der Waals surface area (Å²) in [6, 6.07) is 7.25. The number of carbonyl (C=O) groups is 1. The van der Waals surface area contributed by atoms with Crippen LogP contribution >= 0.6 is 0 Å². The van der Waals surface area contributed by atoms with Crippen molar-refractivity contribution in [1.29, 1.82) is 0 Å². The summed E-state index contributed by atoms with van der Waals surface area (Å²) in [5.41, 5.74) is 1.42. The largest absolute Gasteiger partial charge is 0.277 e. The van der Waals surface area contributed by atoms with Gasteiger partial charge in [-0.3, -0.25) is 14.7 Å². The molecule has 0 saturated carbocycles. The number of hydrogen-bond donors (Lipinski definition) is 1. The molecule has 6 heteroatoms. The van der Waals surface area contributed by atoms with E-state index < -0.39 is 0 Å². The SMILES string of the molecule is O=C(c1cccc(-c2ncn[nH]2)c1)N1CCCO1. The molecule has 18 heavy (non-hydrogen) atoms. The molecule has 1 aromatic heterocycles. The summed E-state index contributed by atoms with van der Waals surface area (Å²) in [5.74, 6) is 0.529. The quantitative estimate of drug-likeness (QED) is 0.863. The Kier molecular flexibility index (Phi) is 2.77. The Morgan fingerprint density at radius 2 is 2.39 bits per heavy atom. The van der Waals surface area contributed by atoms with Gasteiger partial charge in [-0.2, -0.15) is 5.10 Å². The fourth-order valence-electron chi connectivity index (χ4n) is 1.90. The summed E-state index contributed by atoms with van der Waals surface area (Å²) < 4.78 is 0. The van der Waals surface area contributed by atoms with Crippen LogP contribution in [0.15, 0.2) is 30.6 Å². The maximum Gasteiger partial charge on any atom is 0.277 e. The van der Waals surface area contributed by atoms with Crippen LogP contribution in [0.2, 0.25) is 0 Å². The molecule has 1 fully saturated rings. The topological polar surface area (TPSA) is 71.1 Å².